The molecule has 1 N–H and O–H groups in total. The molecule has 0 spiro atoms. The summed E-state index contributed by atoms with van der Waals surface area (Å²) in [5.74, 6) is 0. The van der Waals surface area contributed by atoms with Crippen molar-refractivity contribution in [1.82, 2.24) is 9.62 Å². The number of amides is 2. The zero-order chi connectivity index (χ0) is 11.0. The molecular formula is C10H21N2OS. The van der Waals surface area contributed by atoms with Crippen molar-refractivity contribution in [3.8, 4) is 0 Å². The lowest BCUT2D eigenvalue weighted by atomic mass is 10.3. The highest BCUT2D eigenvalue weighted by atomic mass is 32.2. The third-order valence-electron chi connectivity index (χ3n) is 1.72. The molecule has 83 valence electrons. The SMILES string of the molecule is [CH2]CN(CCCC)C(=O)NSC(C)C. The number of nitrogens with zero attached hydrogens (tertiary/aromatic N) is 1. The maximum absolute atomic E-state index is 11.5. The van der Waals surface area contributed by atoms with Crippen LogP contribution in [-0.2, 0) is 0 Å². The van der Waals surface area contributed by atoms with E-state index in [1.54, 1.807) is 4.90 Å². The van der Waals surface area contributed by atoms with Crippen molar-refractivity contribution in [2.75, 3.05) is 13.1 Å². The zero-order valence-electron chi connectivity index (χ0n) is 9.38. The predicted octanol–water partition coefficient (Wildman–Crippen LogP) is 2.69. The molecule has 0 heterocycles. The average molecular weight is 217 g/mol. The van der Waals surface area contributed by atoms with Gasteiger partial charge in [0.15, 0.2) is 0 Å². The van der Waals surface area contributed by atoms with Crippen molar-refractivity contribution in [3.05, 3.63) is 6.92 Å². The van der Waals surface area contributed by atoms with E-state index in [1.807, 2.05) is 13.8 Å². The fraction of sp³-hybridized carbons (Fsp3) is 0.800. The molecule has 0 saturated carbocycles. The molecule has 4 heteroatoms. The van der Waals surface area contributed by atoms with E-state index in [-0.39, 0.29) is 6.03 Å². The molecule has 14 heavy (non-hydrogen) atoms. The van der Waals surface area contributed by atoms with Crippen LogP contribution in [0.3, 0.4) is 0 Å². The molecule has 0 aliphatic carbocycles. The highest BCUT2D eigenvalue weighted by Gasteiger charge is 2.10. The van der Waals surface area contributed by atoms with Crippen LogP contribution in [0.1, 0.15) is 33.6 Å². The maximum atomic E-state index is 11.5. The van der Waals surface area contributed by atoms with Gasteiger partial charge < -0.3 is 4.90 Å². The Labute approximate surface area is 91.8 Å². The van der Waals surface area contributed by atoms with Crippen LogP contribution in [0.25, 0.3) is 0 Å². The van der Waals surface area contributed by atoms with Gasteiger partial charge in [0, 0.05) is 18.3 Å². The van der Waals surface area contributed by atoms with E-state index in [1.165, 1.54) is 11.9 Å². The number of urea groups is 1. The van der Waals surface area contributed by atoms with E-state index in [4.69, 9.17) is 0 Å². The standard InChI is InChI=1S/C10H21N2OS/c1-5-7-8-12(6-2)10(13)11-14-9(3)4/h9H,2,5-8H2,1,3-4H3,(H,11,13). The first-order chi connectivity index (χ1) is 6.61. The van der Waals surface area contributed by atoms with Crippen molar-refractivity contribution >= 4 is 18.0 Å². The van der Waals surface area contributed by atoms with Crippen molar-refractivity contribution in [2.24, 2.45) is 0 Å². The van der Waals surface area contributed by atoms with E-state index in [0.29, 0.717) is 11.8 Å². The van der Waals surface area contributed by atoms with E-state index >= 15 is 0 Å². The molecule has 0 atom stereocenters. The molecule has 0 aliphatic rings. The maximum Gasteiger partial charge on any atom is 0.327 e. The Kier molecular flexibility index (Phi) is 7.76. The first kappa shape index (κ1) is 13.6. The Morgan fingerprint density at radius 1 is 1.57 bits per heavy atom. The number of hydrogen-bond acceptors (Lipinski definition) is 2. The fourth-order valence-corrected chi connectivity index (χ4v) is 1.36. The Morgan fingerprint density at radius 2 is 2.21 bits per heavy atom. The highest BCUT2D eigenvalue weighted by Crippen LogP contribution is 2.05. The predicted molar refractivity (Wildman–Crippen MR) is 63.1 cm³/mol. The second-order valence-corrected chi connectivity index (χ2v) is 4.80. The Hall–Kier alpha value is -0.380. The Bertz CT molecular complexity index is 162. The van der Waals surface area contributed by atoms with Gasteiger partial charge in [0.05, 0.1) is 0 Å². The van der Waals surface area contributed by atoms with Gasteiger partial charge in [0.2, 0.25) is 0 Å². The smallest absolute Gasteiger partial charge is 0.324 e. The molecule has 0 aromatic rings. The van der Waals surface area contributed by atoms with Crippen molar-refractivity contribution < 1.29 is 4.79 Å². The largest absolute Gasteiger partial charge is 0.327 e. The first-order valence-electron chi connectivity index (χ1n) is 5.11. The molecule has 2 amide bonds. The topological polar surface area (TPSA) is 32.3 Å². The Morgan fingerprint density at radius 3 is 2.64 bits per heavy atom. The number of carbonyl (C=O) groups is 1. The lowest BCUT2D eigenvalue weighted by Gasteiger charge is -2.21. The van der Waals surface area contributed by atoms with Gasteiger partial charge in [-0.05, 0) is 25.3 Å². The van der Waals surface area contributed by atoms with Crippen LogP contribution in [-0.4, -0.2) is 29.3 Å². The highest BCUT2D eigenvalue weighted by molar-refractivity contribution is 7.98. The van der Waals surface area contributed by atoms with Gasteiger partial charge in [0.1, 0.15) is 0 Å². The van der Waals surface area contributed by atoms with Gasteiger partial charge >= 0.3 is 6.03 Å². The van der Waals surface area contributed by atoms with Gasteiger partial charge in [-0.1, -0.05) is 27.2 Å². The van der Waals surface area contributed by atoms with Gasteiger partial charge in [-0.15, -0.1) is 0 Å². The summed E-state index contributed by atoms with van der Waals surface area (Å²) in [6.45, 7) is 11.3. The number of hydrogen-bond donors (Lipinski definition) is 1. The minimum atomic E-state index is -0.0212. The molecule has 1 radical (unpaired) electrons. The van der Waals surface area contributed by atoms with Crippen molar-refractivity contribution in [1.29, 1.82) is 0 Å². The second kappa shape index (κ2) is 7.97. The van der Waals surface area contributed by atoms with Crippen LogP contribution in [0.15, 0.2) is 0 Å². The van der Waals surface area contributed by atoms with E-state index in [0.717, 1.165) is 19.4 Å². The minimum absolute atomic E-state index is 0.0212. The van der Waals surface area contributed by atoms with Crippen molar-refractivity contribution in [3.63, 3.8) is 0 Å². The number of nitrogens with one attached hydrogen (secondary N) is 1. The summed E-state index contributed by atoms with van der Waals surface area (Å²) in [6.07, 6.45) is 2.14. The van der Waals surface area contributed by atoms with Crippen LogP contribution < -0.4 is 4.72 Å². The molecule has 0 unspecified atom stereocenters. The monoisotopic (exact) mass is 217 g/mol. The van der Waals surface area contributed by atoms with Crippen molar-refractivity contribution in [2.45, 2.75) is 38.9 Å². The molecule has 0 bridgehead atoms. The lowest BCUT2D eigenvalue weighted by molar-refractivity contribution is 0.209. The molecule has 0 fully saturated rings. The summed E-state index contributed by atoms with van der Waals surface area (Å²) >= 11 is 1.45. The second-order valence-electron chi connectivity index (χ2n) is 3.41. The van der Waals surface area contributed by atoms with Gasteiger partial charge in [0.25, 0.3) is 0 Å². The summed E-state index contributed by atoms with van der Waals surface area (Å²) in [5, 5.41) is 0.414. The van der Waals surface area contributed by atoms with Crippen LogP contribution in [0.5, 0.6) is 0 Å². The average Bonchev–Trinajstić information content (AvgIpc) is 2.16. The molecule has 3 nitrogen and oxygen atoms in total. The normalized spacial score (nSPS) is 10.4. The molecule has 0 rings (SSSR count). The molecule has 0 aliphatic heterocycles. The fourth-order valence-electron chi connectivity index (χ4n) is 0.897. The number of carbonyl (C=O) groups excluding carboxylic acids is 1. The van der Waals surface area contributed by atoms with E-state index < -0.39 is 0 Å². The number of unbranched alkanes of at least 4 members (excludes halogenated alkanes) is 1. The third kappa shape index (κ3) is 6.13. The third-order valence-corrected chi connectivity index (χ3v) is 2.48. The zero-order valence-corrected chi connectivity index (χ0v) is 10.2. The van der Waals surface area contributed by atoms with Crippen LogP contribution in [0.2, 0.25) is 0 Å². The summed E-state index contributed by atoms with van der Waals surface area (Å²) in [6, 6.07) is -0.0212. The summed E-state index contributed by atoms with van der Waals surface area (Å²) < 4.78 is 2.81. The summed E-state index contributed by atoms with van der Waals surface area (Å²) in [5.41, 5.74) is 0. The quantitative estimate of drug-likeness (QED) is 0.694. The molecular weight excluding hydrogens is 196 g/mol. The van der Waals surface area contributed by atoms with Crippen LogP contribution >= 0.6 is 11.9 Å². The first-order valence-corrected chi connectivity index (χ1v) is 5.99. The summed E-state index contributed by atoms with van der Waals surface area (Å²) in [7, 11) is 0. The van der Waals surface area contributed by atoms with E-state index in [9.17, 15) is 4.79 Å². The summed E-state index contributed by atoms with van der Waals surface area (Å²) in [4.78, 5) is 13.3. The molecule has 0 aromatic carbocycles. The minimum Gasteiger partial charge on any atom is -0.324 e. The Balaban J connectivity index is 3.79. The van der Waals surface area contributed by atoms with Gasteiger partial charge in [-0.3, -0.25) is 4.72 Å². The molecule has 0 aromatic heterocycles. The van der Waals surface area contributed by atoms with Crippen LogP contribution in [0.4, 0.5) is 4.79 Å². The lowest BCUT2D eigenvalue weighted by Crippen LogP contribution is -2.38. The number of rotatable bonds is 6. The van der Waals surface area contributed by atoms with E-state index in [2.05, 4.69) is 18.6 Å². The van der Waals surface area contributed by atoms with Gasteiger partial charge in [-0.2, -0.15) is 0 Å². The van der Waals surface area contributed by atoms with Gasteiger partial charge in [-0.25, -0.2) is 4.79 Å². The van der Waals surface area contributed by atoms with Crippen LogP contribution in [0, 0.1) is 6.92 Å². The molecule has 0 saturated heterocycles.